The van der Waals surface area contributed by atoms with Gasteiger partial charge in [-0.05, 0) is 47.0 Å². The van der Waals surface area contributed by atoms with Crippen molar-refractivity contribution in [2.24, 2.45) is 5.41 Å². The zero-order valence-electron chi connectivity index (χ0n) is 11.7. The summed E-state index contributed by atoms with van der Waals surface area (Å²) in [5.41, 5.74) is -0.312. The molecular formula is C15H18BrClN2O. The molecule has 0 saturated heterocycles. The Bertz CT molecular complexity index is 519. The molecule has 5 heteroatoms. The lowest BCUT2D eigenvalue weighted by Crippen LogP contribution is -2.35. The van der Waals surface area contributed by atoms with E-state index in [-0.39, 0.29) is 5.91 Å². The zero-order chi connectivity index (χ0) is 15.2. The van der Waals surface area contributed by atoms with Gasteiger partial charge in [-0.1, -0.05) is 38.3 Å². The highest BCUT2D eigenvalue weighted by atomic mass is 79.9. The SMILES string of the molecule is CCCC(C#N)(CCC)C(=O)Nc1ccc(Cl)c(Br)c1. The van der Waals surface area contributed by atoms with E-state index in [1.54, 1.807) is 18.2 Å². The van der Waals surface area contributed by atoms with Crippen molar-refractivity contribution in [3.05, 3.63) is 27.7 Å². The molecule has 1 aromatic rings. The number of hydrogen-bond acceptors (Lipinski definition) is 2. The highest BCUT2D eigenvalue weighted by Crippen LogP contribution is 2.32. The lowest BCUT2D eigenvalue weighted by Gasteiger charge is -2.24. The van der Waals surface area contributed by atoms with Crippen LogP contribution >= 0.6 is 27.5 Å². The summed E-state index contributed by atoms with van der Waals surface area (Å²) in [5.74, 6) is -0.238. The molecule has 1 N–H and O–H groups in total. The molecule has 0 aliphatic carbocycles. The molecule has 1 amide bonds. The standard InChI is InChI=1S/C15H18BrClN2O/c1-3-7-15(10-18,8-4-2)14(20)19-11-5-6-13(17)12(16)9-11/h5-6,9H,3-4,7-8H2,1-2H3,(H,19,20). The first-order valence-electron chi connectivity index (χ1n) is 6.67. The first-order chi connectivity index (χ1) is 9.49. The number of amides is 1. The molecule has 108 valence electrons. The van der Waals surface area contributed by atoms with Crippen molar-refractivity contribution >= 4 is 39.1 Å². The summed E-state index contributed by atoms with van der Waals surface area (Å²) < 4.78 is 0.713. The topological polar surface area (TPSA) is 52.9 Å². The third-order valence-corrected chi connectivity index (χ3v) is 4.39. The smallest absolute Gasteiger partial charge is 0.244 e. The van der Waals surface area contributed by atoms with Gasteiger partial charge in [-0.25, -0.2) is 0 Å². The number of nitrogens with zero attached hydrogens (tertiary/aromatic N) is 1. The van der Waals surface area contributed by atoms with Crippen LogP contribution in [0.3, 0.4) is 0 Å². The number of anilines is 1. The Labute approximate surface area is 133 Å². The third kappa shape index (κ3) is 3.97. The molecule has 0 heterocycles. The summed E-state index contributed by atoms with van der Waals surface area (Å²) >= 11 is 9.24. The summed E-state index contributed by atoms with van der Waals surface area (Å²) in [6.45, 7) is 3.96. The van der Waals surface area contributed by atoms with Crippen LogP contribution in [-0.2, 0) is 4.79 Å². The Kier molecular flexibility index (Phi) is 6.51. The number of nitrogens with one attached hydrogen (secondary N) is 1. The molecule has 0 aliphatic heterocycles. The molecule has 0 aliphatic rings. The van der Waals surface area contributed by atoms with E-state index < -0.39 is 5.41 Å². The number of halogens is 2. The van der Waals surface area contributed by atoms with Crippen LogP contribution in [0.25, 0.3) is 0 Å². The first-order valence-corrected chi connectivity index (χ1v) is 7.84. The number of carbonyl (C=O) groups excluding carboxylic acids is 1. The van der Waals surface area contributed by atoms with Crippen molar-refractivity contribution in [3.8, 4) is 6.07 Å². The van der Waals surface area contributed by atoms with E-state index in [9.17, 15) is 10.1 Å². The largest absolute Gasteiger partial charge is 0.325 e. The molecule has 0 saturated carbocycles. The van der Waals surface area contributed by atoms with Gasteiger partial charge in [0, 0.05) is 10.2 Å². The molecular weight excluding hydrogens is 340 g/mol. The van der Waals surface area contributed by atoms with E-state index in [4.69, 9.17) is 11.6 Å². The zero-order valence-corrected chi connectivity index (χ0v) is 14.0. The Morgan fingerprint density at radius 3 is 2.45 bits per heavy atom. The van der Waals surface area contributed by atoms with E-state index >= 15 is 0 Å². The van der Waals surface area contributed by atoms with Gasteiger partial charge in [0.25, 0.3) is 0 Å². The van der Waals surface area contributed by atoms with Gasteiger partial charge in [0.2, 0.25) is 5.91 Å². The normalized spacial score (nSPS) is 10.9. The minimum absolute atomic E-state index is 0.238. The fourth-order valence-corrected chi connectivity index (χ4v) is 2.69. The summed E-state index contributed by atoms with van der Waals surface area (Å²) in [6, 6.07) is 7.38. The van der Waals surface area contributed by atoms with Gasteiger partial charge in [-0.2, -0.15) is 5.26 Å². The van der Waals surface area contributed by atoms with Crippen molar-refractivity contribution < 1.29 is 4.79 Å². The van der Waals surface area contributed by atoms with Crippen molar-refractivity contribution in [3.63, 3.8) is 0 Å². The molecule has 0 atom stereocenters. The van der Waals surface area contributed by atoms with Crippen molar-refractivity contribution in [2.45, 2.75) is 39.5 Å². The fraction of sp³-hybridized carbons (Fsp3) is 0.467. The van der Waals surface area contributed by atoms with E-state index in [0.717, 1.165) is 12.8 Å². The average molecular weight is 358 g/mol. The maximum atomic E-state index is 12.5. The molecule has 0 fully saturated rings. The maximum absolute atomic E-state index is 12.5. The second kappa shape index (κ2) is 7.66. The maximum Gasteiger partial charge on any atom is 0.244 e. The molecule has 3 nitrogen and oxygen atoms in total. The van der Waals surface area contributed by atoms with Gasteiger partial charge in [0.15, 0.2) is 0 Å². The van der Waals surface area contributed by atoms with Crippen LogP contribution in [-0.4, -0.2) is 5.91 Å². The Morgan fingerprint density at radius 1 is 1.40 bits per heavy atom. The van der Waals surface area contributed by atoms with Gasteiger partial charge in [-0.3, -0.25) is 4.79 Å². The summed E-state index contributed by atoms with van der Waals surface area (Å²) in [5, 5.41) is 12.8. The van der Waals surface area contributed by atoms with E-state index in [0.29, 0.717) is 28.0 Å². The van der Waals surface area contributed by atoms with Crippen molar-refractivity contribution in [1.82, 2.24) is 0 Å². The highest BCUT2D eigenvalue weighted by Gasteiger charge is 2.36. The predicted octanol–water partition coefficient (Wildman–Crippen LogP) is 5.15. The Hall–Kier alpha value is -1.05. The number of rotatable bonds is 6. The van der Waals surface area contributed by atoms with E-state index in [2.05, 4.69) is 27.3 Å². The van der Waals surface area contributed by atoms with Gasteiger partial charge in [-0.15, -0.1) is 0 Å². The quantitative estimate of drug-likeness (QED) is 0.765. The Balaban J connectivity index is 2.96. The van der Waals surface area contributed by atoms with E-state index in [1.165, 1.54) is 0 Å². The molecule has 0 spiro atoms. The molecule has 1 aromatic carbocycles. The number of carbonyl (C=O) groups is 1. The number of nitriles is 1. The molecule has 1 rings (SSSR count). The Morgan fingerprint density at radius 2 is 2.00 bits per heavy atom. The fourth-order valence-electron chi connectivity index (χ4n) is 2.19. The third-order valence-electron chi connectivity index (χ3n) is 3.18. The monoisotopic (exact) mass is 356 g/mol. The highest BCUT2D eigenvalue weighted by molar-refractivity contribution is 9.10. The molecule has 20 heavy (non-hydrogen) atoms. The summed E-state index contributed by atoms with van der Waals surface area (Å²) in [6.07, 6.45) is 2.73. The molecule has 0 bridgehead atoms. The van der Waals surface area contributed by atoms with Crippen LogP contribution < -0.4 is 5.32 Å². The molecule has 0 aromatic heterocycles. The van der Waals surface area contributed by atoms with Gasteiger partial charge >= 0.3 is 0 Å². The minimum Gasteiger partial charge on any atom is -0.325 e. The lowest BCUT2D eigenvalue weighted by molar-refractivity contribution is -0.123. The predicted molar refractivity (Wildman–Crippen MR) is 85.6 cm³/mol. The second-order valence-electron chi connectivity index (χ2n) is 4.78. The van der Waals surface area contributed by atoms with Crippen LogP contribution in [0.4, 0.5) is 5.69 Å². The van der Waals surface area contributed by atoms with Crippen molar-refractivity contribution in [1.29, 1.82) is 5.26 Å². The lowest BCUT2D eigenvalue weighted by atomic mass is 9.79. The van der Waals surface area contributed by atoms with Gasteiger partial charge in [0.05, 0.1) is 11.1 Å². The minimum atomic E-state index is -0.949. The van der Waals surface area contributed by atoms with Crippen LogP contribution in [0.2, 0.25) is 5.02 Å². The average Bonchev–Trinajstić information content (AvgIpc) is 2.42. The van der Waals surface area contributed by atoms with Crippen LogP contribution in [0, 0.1) is 16.7 Å². The molecule has 0 radical (unpaired) electrons. The molecule has 0 unspecified atom stereocenters. The van der Waals surface area contributed by atoms with Crippen LogP contribution in [0.1, 0.15) is 39.5 Å². The van der Waals surface area contributed by atoms with Gasteiger partial charge in [0.1, 0.15) is 5.41 Å². The van der Waals surface area contributed by atoms with Crippen LogP contribution in [0.15, 0.2) is 22.7 Å². The first kappa shape index (κ1) is 17.0. The van der Waals surface area contributed by atoms with Crippen LogP contribution in [0.5, 0.6) is 0 Å². The van der Waals surface area contributed by atoms with Crippen molar-refractivity contribution in [2.75, 3.05) is 5.32 Å². The number of benzene rings is 1. The van der Waals surface area contributed by atoms with Gasteiger partial charge < -0.3 is 5.32 Å². The second-order valence-corrected chi connectivity index (χ2v) is 6.04. The summed E-state index contributed by atoms with van der Waals surface area (Å²) in [7, 11) is 0. The summed E-state index contributed by atoms with van der Waals surface area (Å²) in [4.78, 5) is 12.5. The number of hydrogen-bond donors (Lipinski definition) is 1. The van der Waals surface area contributed by atoms with E-state index in [1.807, 2.05) is 13.8 Å².